The lowest BCUT2D eigenvalue weighted by molar-refractivity contribution is -0.384. The van der Waals surface area contributed by atoms with Gasteiger partial charge in [-0.3, -0.25) is 14.9 Å². The maximum absolute atomic E-state index is 12.4. The molecule has 3 rings (SSSR count). The van der Waals surface area contributed by atoms with E-state index in [1.54, 1.807) is 37.3 Å². The lowest BCUT2D eigenvalue weighted by Gasteiger charge is -2.29. The number of ketones is 1. The molecule has 30 heavy (non-hydrogen) atoms. The first-order valence-electron chi connectivity index (χ1n) is 9.06. The van der Waals surface area contributed by atoms with Crippen molar-refractivity contribution < 1.29 is 9.72 Å². The van der Waals surface area contributed by atoms with Crippen molar-refractivity contribution in [2.24, 2.45) is 0 Å². The van der Waals surface area contributed by atoms with Gasteiger partial charge in [0.05, 0.1) is 27.5 Å². The van der Waals surface area contributed by atoms with Crippen molar-refractivity contribution in [2.45, 2.75) is 25.5 Å². The van der Waals surface area contributed by atoms with Crippen LogP contribution in [-0.4, -0.2) is 10.7 Å². The van der Waals surface area contributed by atoms with Crippen LogP contribution < -0.4 is 5.32 Å². The molecule has 2 aromatic rings. The van der Waals surface area contributed by atoms with E-state index in [1.165, 1.54) is 30.8 Å². The van der Waals surface area contributed by atoms with Gasteiger partial charge in [-0.25, -0.2) is 0 Å². The van der Waals surface area contributed by atoms with Crippen LogP contribution in [0.3, 0.4) is 0 Å². The summed E-state index contributed by atoms with van der Waals surface area (Å²) >= 11 is 7.53. The van der Waals surface area contributed by atoms with Crippen LogP contribution in [0.5, 0.6) is 0 Å². The van der Waals surface area contributed by atoms with Crippen molar-refractivity contribution in [2.75, 3.05) is 0 Å². The minimum Gasteiger partial charge on any atom is -0.353 e. The second kappa shape index (κ2) is 9.16. The number of nitro groups is 1. The first kappa shape index (κ1) is 21.6. The lowest BCUT2D eigenvalue weighted by Crippen LogP contribution is -2.27. The maximum Gasteiger partial charge on any atom is 0.269 e. The van der Waals surface area contributed by atoms with Gasteiger partial charge in [-0.05, 0) is 37.1 Å². The van der Waals surface area contributed by atoms with E-state index in [4.69, 9.17) is 11.6 Å². The number of thioether (sulfide) groups is 1. The number of nitro benzene ring substituents is 1. The van der Waals surface area contributed by atoms with Crippen LogP contribution in [0.25, 0.3) is 0 Å². The Morgan fingerprint density at radius 2 is 2.03 bits per heavy atom. The number of halogens is 1. The zero-order valence-electron chi connectivity index (χ0n) is 16.3. The predicted octanol–water partition coefficient (Wildman–Crippen LogP) is 5.47. The second-order valence-corrected chi connectivity index (χ2v) is 8.20. The SMILES string of the molecule is CC(=O)C1=C(C)NC(SCc2cccc([N+](=O)[O-])c2)=C(C#N)C1c1cccc(Cl)c1. The number of non-ortho nitro benzene ring substituents is 1. The standard InChI is InChI=1S/C22H18ClN3O3S/c1-13-20(14(2)27)21(16-6-4-7-17(23)10-16)19(11-24)22(25-13)30-12-15-5-3-8-18(9-15)26(28)29/h3-10,21,25H,12H2,1-2H3. The Kier molecular flexibility index (Phi) is 6.60. The molecule has 0 spiro atoms. The number of allylic oxidation sites excluding steroid dienone is 3. The maximum atomic E-state index is 12.4. The fourth-order valence-electron chi connectivity index (χ4n) is 3.43. The van der Waals surface area contributed by atoms with Gasteiger partial charge in [-0.1, -0.05) is 35.9 Å². The summed E-state index contributed by atoms with van der Waals surface area (Å²) in [6.45, 7) is 3.28. The second-order valence-electron chi connectivity index (χ2n) is 6.78. The highest BCUT2D eigenvalue weighted by atomic mass is 35.5. The quantitative estimate of drug-likeness (QED) is 0.473. The average Bonchev–Trinajstić information content (AvgIpc) is 2.71. The molecule has 0 saturated carbocycles. The van der Waals surface area contributed by atoms with Crippen molar-refractivity contribution in [3.63, 3.8) is 0 Å². The van der Waals surface area contributed by atoms with Gasteiger partial charge in [-0.15, -0.1) is 11.8 Å². The van der Waals surface area contributed by atoms with E-state index < -0.39 is 10.8 Å². The van der Waals surface area contributed by atoms with Crippen LogP contribution >= 0.6 is 23.4 Å². The molecular weight excluding hydrogens is 422 g/mol. The molecule has 1 heterocycles. The molecule has 0 aliphatic carbocycles. The van der Waals surface area contributed by atoms with Crippen LogP contribution in [0.2, 0.25) is 5.02 Å². The highest BCUT2D eigenvalue weighted by Gasteiger charge is 2.33. The topological polar surface area (TPSA) is 96.0 Å². The number of nitriles is 1. The number of hydrogen-bond donors (Lipinski definition) is 1. The Morgan fingerprint density at radius 3 is 2.67 bits per heavy atom. The number of rotatable bonds is 6. The first-order valence-corrected chi connectivity index (χ1v) is 10.4. The fourth-order valence-corrected chi connectivity index (χ4v) is 4.66. The smallest absolute Gasteiger partial charge is 0.269 e. The van der Waals surface area contributed by atoms with Gasteiger partial charge in [-0.2, -0.15) is 5.26 Å². The summed E-state index contributed by atoms with van der Waals surface area (Å²) in [5.74, 6) is -0.222. The van der Waals surface area contributed by atoms with Crippen molar-refractivity contribution in [3.8, 4) is 6.07 Å². The summed E-state index contributed by atoms with van der Waals surface area (Å²) in [5.41, 5.74) is 3.16. The van der Waals surface area contributed by atoms with E-state index >= 15 is 0 Å². The summed E-state index contributed by atoms with van der Waals surface area (Å²) in [6.07, 6.45) is 0. The molecule has 2 aromatic carbocycles. The van der Waals surface area contributed by atoms with Gasteiger partial charge < -0.3 is 5.32 Å². The van der Waals surface area contributed by atoms with Crippen LogP contribution in [0.15, 0.2) is 70.4 Å². The first-order chi connectivity index (χ1) is 14.3. The molecule has 8 heteroatoms. The Bertz CT molecular complexity index is 1130. The monoisotopic (exact) mass is 439 g/mol. The van der Waals surface area contributed by atoms with Crippen molar-refractivity contribution >= 4 is 34.8 Å². The number of carbonyl (C=O) groups is 1. The van der Waals surface area contributed by atoms with Gasteiger partial charge in [0.1, 0.15) is 0 Å². The van der Waals surface area contributed by atoms with Crippen LogP contribution in [0.1, 0.15) is 30.9 Å². The number of hydrogen-bond acceptors (Lipinski definition) is 6. The Hall–Kier alpha value is -3.08. The summed E-state index contributed by atoms with van der Waals surface area (Å²) in [5, 5.41) is 25.3. The Balaban J connectivity index is 2.00. The molecule has 6 nitrogen and oxygen atoms in total. The minimum atomic E-state index is -0.528. The minimum absolute atomic E-state index is 0.0194. The third-order valence-corrected chi connectivity index (χ3v) is 6.04. The Labute approximate surface area is 183 Å². The third kappa shape index (κ3) is 4.56. The van der Waals surface area contributed by atoms with Crippen molar-refractivity contribution in [3.05, 3.63) is 96.7 Å². The zero-order valence-corrected chi connectivity index (χ0v) is 17.9. The number of dihydropyridines is 1. The van der Waals surface area contributed by atoms with Crippen LogP contribution in [-0.2, 0) is 10.5 Å². The number of benzene rings is 2. The molecule has 0 aromatic heterocycles. The highest BCUT2D eigenvalue weighted by Crippen LogP contribution is 2.42. The van der Waals surface area contributed by atoms with Gasteiger partial charge in [0.15, 0.2) is 5.78 Å². The third-order valence-electron chi connectivity index (χ3n) is 4.71. The molecule has 0 fully saturated rings. The average molecular weight is 440 g/mol. The summed E-state index contributed by atoms with van der Waals surface area (Å²) in [6, 6.07) is 15.8. The van der Waals surface area contributed by atoms with Crippen molar-refractivity contribution in [1.82, 2.24) is 5.32 Å². The van der Waals surface area contributed by atoms with E-state index in [2.05, 4.69) is 11.4 Å². The van der Waals surface area contributed by atoms with Gasteiger partial charge in [0.2, 0.25) is 0 Å². The fraction of sp³-hybridized carbons (Fsp3) is 0.182. The van der Waals surface area contributed by atoms with Gasteiger partial charge in [0.25, 0.3) is 5.69 Å². The number of carbonyl (C=O) groups excluding carboxylic acids is 1. The molecule has 0 saturated heterocycles. The molecule has 1 unspecified atom stereocenters. The summed E-state index contributed by atoms with van der Waals surface area (Å²) in [4.78, 5) is 23.0. The van der Waals surface area contributed by atoms with Crippen molar-refractivity contribution in [1.29, 1.82) is 5.26 Å². The lowest BCUT2D eigenvalue weighted by atomic mass is 9.81. The molecular formula is C22H18ClN3O3S. The molecule has 1 aliphatic rings. The van der Waals surface area contributed by atoms with Gasteiger partial charge >= 0.3 is 0 Å². The normalized spacial score (nSPS) is 16.1. The van der Waals surface area contributed by atoms with E-state index in [0.717, 1.165) is 11.1 Å². The Morgan fingerprint density at radius 1 is 1.30 bits per heavy atom. The molecule has 0 radical (unpaired) electrons. The highest BCUT2D eigenvalue weighted by molar-refractivity contribution is 8.02. The molecule has 152 valence electrons. The van der Waals surface area contributed by atoms with E-state index in [1.807, 2.05) is 6.07 Å². The number of Topliss-reactive ketones (excluding diaryl/α,β-unsaturated/α-hetero) is 1. The summed E-state index contributed by atoms with van der Waals surface area (Å²) in [7, 11) is 0. The largest absolute Gasteiger partial charge is 0.353 e. The molecule has 1 N–H and O–H groups in total. The summed E-state index contributed by atoms with van der Waals surface area (Å²) < 4.78 is 0. The van der Waals surface area contributed by atoms with E-state index in [-0.39, 0.29) is 11.5 Å². The van der Waals surface area contributed by atoms with Crippen LogP contribution in [0.4, 0.5) is 5.69 Å². The van der Waals surface area contributed by atoms with E-state index in [0.29, 0.717) is 32.6 Å². The molecule has 0 bridgehead atoms. The molecule has 1 aliphatic heterocycles. The molecule has 1 atom stereocenters. The zero-order chi connectivity index (χ0) is 21.8. The predicted molar refractivity (Wildman–Crippen MR) is 118 cm³/mol. The van der Waals surface area contributed by atoms with Gasteiger partial charge in [0, 0.05) is 34.2 Å². The van der Waals surface area contributed by atoms with Crippen LogP contribution in [0, 0.1) is 21.4 Å². The molecule has 0 amide bonds. The number of nitrogens with zero attached hydrogens (tertiary/aromatic N) is 2. The van der Waals surface area contributed by atoms with E-state index in [9.17, 15) is 20.2 Å². The number of nitrogens with one attached hydrogen (secondary N) is 1.